The highest BCUT2D eigenvalue weighted by atomic mass is 32.2. The zero-order valence-corrected chi connectivity index (χ0v) is 11.9. The van der Waals surface area contributed by atoms with Crippen LogP contribution in [0.3, 0.4) is 0 Å². The van der Waals surface area contributed by atoms with Crippen LogP contribution in [-0.4, -0.2) is 50.5 Å². The quantitative estimate of drug-likeness (QED) is 0.800. The molecular weight excluding hydrogens is 268 g/mol. The Morgan fingerprint density at radius 2 is 1.84 bits per heavy atom. The average molecular weight is 286 g/mol. The van der Waals surface area contributed by atoms with Crippen LogP contribution >= 0.6 is 0 Å². The predicted octanol–water partition coefficient (Wildman–Crippen LogP) is 0.0475. The highest BCUT2D eigenvalue weighted by molar-refractivity contribution is 7.89. The van der Waals surface area contributed by atoms with Gasteiger partial charge in [0.05, 0.1) is 11.5 Å². The lowest BCUT2D eigenvalue weighted by atomic mass is 10.2. The summed E-state index contributed by atoms with van der Waals surface area (Å²) in [5.41, 5.74) is 0.345. The first-order valence-electron chi connectivity index (χ1n) is 5.73. The molecule has 1 amide bonds. The minimum atomic E-state index is -3.49. The molecule has 0 heterocycles. The average Bonchev–Trinajstić information content (AvgIpc) is 2.38. The third-order valence-corrected chi connectivity index (χ3v) is 4.38. The van der Waals surface area contributed by atoms with Crippen molar-refractivity contribution in [3.8, 4) is 0 Å². The molecule has 6 nitrogen and oxygen atoms in total. The first kappa shape index (κ1) is 15.6. The van der Waals surface area contributed by atoms with Crippen LogP contribution < -0.4 is 5.32 Å². The lowest BCUT2D eigenvalue weighted by molar-refractivity contribution is 0.0922. The van der Waals surface area contributed by atoms with Crippen molar-refractivity contribution in [1.82, 2.24) is 9.62 Å². The van der Waals surface area contributed by atoms with E-state index in [1.807, 2.05) is 0 Å². The normalized spacial score (nSPS) is 13.3. The maximum Gasteiger partial charge on any atom is 0.251 e. The molecule has 0 fully saturated rings. The molecule has 0 saturated heterocycles. The second-order valence-electron chi connectivity index (χ2n) is 4.37. The van der Waals surface area contributed by atoms with Crippen LogP contribution in [-0.2, 0) is 10.0 Å². The molecule has 0 aliphatic heterocycles. The number of hydrogen-bond acceptors (Lipinski definition) is 4. The number of nitrogens with one attached hydrogen (secondary N) is 1. The summed E-state index contributed by atoms with van der Waals surface area (Å²) in [4.78, 5) is 11.9. The largest absolute Gasteiger partial charge is 0.394 e. The fourth-order valence-corrected chi connectivity index (χ4v) is 2.24. The molecule has 0 aromatic heterocycles. The molecule has 1 unspecified atom stereocenters. The second kappa shape index (κ2) is 6.14. The Morgan fingerprint density at radius 1 is 1.32 bits per heavy atom. The van der Waals surface area contributed by atoms with Gasteiger partial charge in [0.15, 0.2) is 0 Å². The molecule has 1 aromatic rings. The molecule has 2 N–H and O–H groups in total. The molecule has 0 aliphatic rings. The molecule has 0 bridgehead atoms. The van der Waals surface area contributed by atoms with Crippen LogP contribution in [0, 0.1) is 0 Å². The lowest BCUT2D eigenvalue weighted by Crippen LogP contribution is -2.35. The summed E-state index contributed by atoms with van der Waals surface area (Å²) in [6.45, 7) is 1.52. The zero-order chi connectivity index (χ0) is 14.6. The Labute approximate surface area is 113 Å². The number of carbonyl (C=O) groups excluding carboxylic acids is 1. The Hall–Kier alpha value is -1.44. The van der Waals surface area contributed by atoms with Crippen molar-refractivity contribution in [2.24, 2.45) is 0 Å². The number of aliphatic hydroxyl groups is 1. The van der Waals surface area contributed by atoms with Crippen molar-refractivity contribution in [2.45, 2.75) is 17.9 Å². The molecule has 7 heteroatoms. The van der Waals surface area contributed by atoms with Gasteiger partial charge in [-0.05, 0) is 31.2 Å². The van der Waals surface area contributed by atoms with Crippen molar-refractivity contribution < 1.29 is 18.3 Å². The molecule has 0 saturated carbocycles. The van der Waals surface area contributed by atoms with E-state index in [4.69, 9.17) is 5.11 Å². The van der Waals surface area contributed by atoms with Crippen molar-refractivity contribution in [3.63, 3.8) is 0 Å². The summed E-state index contributed by atoms with van der Waals surface area (Å²) in [6.07, 6.45) is 0. The van der Waals surface area contributed by atoms with Crippen LogP contribution in [0.15, 0.2) is 29.2 Å². The number of rotatable bonds is 5. The van der Waals surface area contributed by atoms with Crippen LogP contribution in [0.25, 0.3) is 0 Å². The topological polar surface area (TPSA) is 86.7 Å². The standard InChI is InChI=1S/C12H18N2O4S/c1-9(8-15)13-12(16)10-4-6-11(7-5-10)19(17,18)14(2)3/h4-7,9,15H,8H2,1-3H3,(H,13,16). The molecule has 1 atom stereocenters. The minimum Gasteiger partial charge on any atom is -0.394 e. The van der Waals surface area contributed by atoms with Gasteiger partial charge in [-0.25, -0.2) is 12.7 Å². The van der Waals surface area contributed by atoms with E-state index in [0.717, 1.165) is 4.31 Å². The molecule has 0 spiro atoms. The number of nitrogens with zero attached hydrogens (tertiary/aromatic N) is 1. The SMILES string of the molecule is CC(CO)NC(=O)c1ccc(S(=O)(=O)N(C)C)cc1. The Balaban J connectivity index is 2.91. The van der Waals surface area contributed by atoms with Gasteiger partial charge >= 0.3 is 0 Å². The van der Waals surface area contributed by atoms with Crippen molar-refractivity contribution in [1.29, 1.82) is 0 Å². The summed E-state index contributed by atoms with van der Waals surface area (Å²) in [6, 6.07) is 5.30. The minimum absolute atomic E-state index is 0.129. The van der Waals surface area contributed by atoms with E-state index >= 15 is 0 Å². The van der Waals surface area contributed by atoms with Gasteiger partial charge < -0.3 is 10.4 Å². The molecule has 1 rings (SSSR count). The fraction of sp³-hybridized carbons (Fsp3) is 0.417. The first-order valence-corrected chi connectivity index (χ1v) is 7.17. The number of amides is 1. The molecule has 1 aromatic carbocycles. The number of carbonyl (C=O) groups is 1. The van der Waals surface area contributed by atoms with E-state index in [1.165, 1.54) is 38.4 Å². The highest BCUT2D eigenvalue weighted by Gasteiger charge is 2.17. The third kappa shape index (κ3) is 3.76. The van der Waals surface area contributed by atoms with Gasteiger partial charge in [-0.2, -0.15) is 0 Å². The zero-order valence-electron chi connectivity index (χ0n) is 11.1. The Kier molecular flexibility index (Phi) is 5.04. The van der Waals surface area contributed by atoms with E-state index in [2.05, 4.69) is 5.32 Å². The maximum atomic E-state index is 11.8. The third-order valence-electron chi connectivity index (χ3n) is 2.55. The smallest absolute Gasteiger partial charge is 0.251 e. The van der Waals surface area contributed by atoms with E-state index in [0.29, 0.717) is 5.56 Å². The van der Waals surface area contributed by atoms with Crippen LogP contribution in [0.5, 0.6) is 0 Å². The van der Waals surface area contributed by atoms with Gasteiger partial charge in [-0.15, -0.1) is 0 Å². The summed E-state index contributed by atoms with van der Waals surface area (Å²) >= 11 is 0. The summed E-state index contributed by atoms with van der Waals surface area (Å²) in [5, 5.41) is 11.4. The first-order chi connectivity index (χ1) is 8.78. The fourth-order valence-electron chi connectivity index (χ4n) is 1.34. The van der Waals surface area contributed by atoms with Gasteiger partial charge in [0, 0.05) is 25.7 Å². The van der Waals surface area contributed by atoms with E-state index < -0.39 is 10.0 Å². The molecule has 0 aliphatic carbocycles. The lowest BCUT2D eigenvalue weighted by Gasteiger charge is -2.13. The monoisotopic (exact) mass is 286 g/mol. The van der Waals surface area contributed by atoms with Crippen LogP contribution in [0.1, 0.15) is 17.3 Å². The van der Waals surface area contributed by atoms with Crippen LogP contribution in [0.2, 0.25) is 0 Å². The summed E-state index contributed by atoms with van der Waals surface area (Å²) < 4.78 is 24.8. The number of aliphatic hydroxyl groups excluding tert-OH is 1. The molecule has 19 heavy (non-hydrogen) atoms. The van der Waals surface area contributed by atoms with E-state index in [9.17, 15) is 13.2 Å². The number of hydrogen-bond donors (Lipinski definition) is 2. The second-order valence-corrected chi connectivity index (χ2v) is 6.52. The molecule has 106 valence electrons. The van der Waals surface area contributed by atoms with Crippen molar-refractivity contribution in [2.75, 3.05) is 20.7 Å². The highest BCUT2D eigenvalue weighted by Crippen LogP contribution is 2.14. The van der Waals surface area contributed by atoms with Gasteiger partial charge in [0.2, 0.25) is 10.0 Å². The predicted molar refractivity (Wildman–Crippen MR) is 71.3 cm³/mol. The molecular formula is C12H18N2O4S. The summed E-state index contributed by atoms with van der Waals surface area (Å²) in [7, 11) is -0.599. The van der Waals surface area contributed by atoms with Gasteiger partial charge in [-0.1, -0.05) is 0 Å². The van der Waals surface area contributed by atoms with Gasteiger partial charge in [-0.3, -0.25) is 4.79 Å². The maximum absolute atomic E-state index is 11.8. The Bertz CT molecular complexity index is 537. The van der Waals surface area contributed by atoms with Gasteiger partial charge in [0.25, 0.3) is 5.91 Å². The van der Waals surface area contributed by atoms with Crippen molar-refractivity contribution in [3.05, 3.63) is 29.8 Å². The number of sulfonamides is 1. The van der Waals surface area contributed by atoms with Gasteiger partial charge in [0.1, 0.15) is 0 Å². The number of benzene rings is 1. The summed E-state index contributed by atoms with van der Waals surface area (Å²) in [5.74, 6) is -0.352. The van der Waals surface area contributed by atoms with E-state index in [1.54, 1.807) is 6.92 Å². The Morgan fingerprint density at radius 3 is 2.26 bits per heavy atom. The van der Waals surface area contributed by atoms with Crippen LogP contribution in [0.4, 0.5) is 0 Å². The van der Waals surface area contributed by atoms with E-state index in [-0.39, 0.29) is 23.5 Å². The molecule has 0 radical (unpaired) electrons. The van der Waals surface area contributed by atoms with Crippen molar-refractivity contribution >= 4 is 15.9 Å².